The Kier molecular flexibility index (Phi) is 3.17. The number of hydrogen-bond donors (Lipinski definition) is 1. The van der Waals surface area contributed by atoms with Crippen molar-refractivity contribution < 1.29 is 4.84 Å². The van der Waals surface area contributed by atoms with Gasteiger partial charge in [0.15, 0.2) is 0 Å². The summed E-state index contributed by atoms with van der Waals surface area (Å²) in [5.74, 6) is 5.22. The molecule has 1 unspecified atom stereocenters. The van der Waals surface area contributed by atoms with Crippen LogP contribution in [0.3, 0.4) is 0 Å². The van der Waals surface area contributed by atoms with Gasteiger partial charge in [-0.3, -0.25) is 0 Å². The average molecular weight is 220 g/mol. The zero-order valence-electron chi connectivity index (χ0n) is 10.2. The molecule has 1 aromatic rings. The largest absolute Gasteiger partial charge is 0.363 e. The fraction of sp³-hybridized carbons (Fsp3) is 0.538. The minimum atomic E-state index is 0.376. The van der Waals surface area contributed by atoms with Crippen molar-refractivity contribution in [1.29, 1.82) is 0 Å². The Bertz CT molecular complexity index is 376. The van der Waals surface area contributed by atoms with E-state index in [1.54, 1.807) is 0 Å². The van der Waals surface area contributed by atoms with Crippen molar-refractivity contribution in [3.05, 3.63) is 29.3 Å². The second-order valence-electron chi connectivity index (χ2n) is 4.76. The van der Waals surface area contributed by atoms with Gasteiger partial charge in [-0.2, -0.15) is 0 Å². The van der Waals surface area contributed by atoms with Crippen LogP contribution in [0.1, 0.15) is 25.0 Å². The van der Waals surface area contributed by atoms with Gasteiger partial charge in [0.1, 0.15) is 0 Å². The Balaban J connectivity index is 2.37. The van der Waals surface area contributed by atoms with Crippen LogP contribution in [0, 0.1) is 6.92 Å². The minimum Gasteiger partial charge on any atom is -0.363 e. The molecule has 1 heterocycles. The first-order valence-electron chi connectivity index (χ1n) is 5.83. The number of nitrogens with two attached hydrogens (primary N) is 1. The van der Waals surface area contributed by atoms with E-state index in [-0.39, 0.29) is 0 Å². The maximum absolute atomic E-state index is 5.22. The van der Waals surface area contributed by atoms with E-state index in [9.17, 15) is 0 Å². The number of hydrogen-bond acceptors (Lipinski definition) is 3. The molecular weight excluding hydrogens is 200 g/mol. The summed E-state index contributed by atoms with van der Waals surface area (Å²) in [7, 11) is 0. The topological polar surface area (TPSA) is 38.5 Å². The molecule has 2 rings (SSSR count). The number of rotatable bonds is 3. The van der Waals surface area contributed by atoms with E-state index in [0.717, 1.165) is 6.42 Å². The third-order valence-corrected chi connectivity index (χ3v) is 3.34. The van der Waals surface area contributed by atoms with Gasteiger partial charge in [0.2, 0.25) is 0 Å². The fourth-order valence-corrected chi connectivity index (χ4v) is 2.68. The third kappa shape index (κ3) is 1.81. The first-order chi connectivity index (χ1) is 7.65. The predicted octanol–water partition coefficient (Wildman–Crippen LogP) is 2.02. The first-order valence-corrected chi connectivity index (χ1v) is 5.83. The molecule has 1 aliphatic rings. The normalized spacial score (nSPS) is 19.3. The summed E-state index contributed by atoms with van der Waals surface area (Å²) in [6.45, 7) is 7.18. The standard InChI is InChI=1S/C13H20N2O/c1-9(2)15-11(8-16-14)7-12-10(3)5-4-6-13(12)15/h4-6,9,11H,7-8,14H2,1-3H3. The maximum Gasteiger partial charge on any atom is 0.0886 e. The highest BCUT2D eigenvalue weighted by Crippen LogP contribution is 2.35. The second kappa shape index (κ2) is 4.44. The van der Waals surface area contributed by atoms with Crippen molar-refractivity contribution in [2.75, 3.05) is 11.5 Å². The summed E-state index contributed by atoms with van der Waals surface area (Å²) in [4.78, 5) is 7.25. The van der Waals surface area contributed by atoms with Crippen LogP contribution >= 0.6 is 0 Å². The van der Waals surface area contributed by atoms with Crippen LogP contribution in [0.15, 0.2) is 18.2 Å². The summed E-state index contributed by atoms with van der Waals surface area (Å²) in [5.41, 5.74) is 4.15. The van der Waals surface area contributed by atoms with E-state index >= 15 is 0 Å². The summed E-state index contributed by atoms with van der Waals surface area (Å²) in [6, 6.07) is 7.33. The summed E-state index contributed by atoms with van der Waals surface area (Å²) < 4.78 is 0. The molecule has 1 aliphatic heterocycles. The highest BCUT2D eigenvalue weighted by atomic mass is 16.6. The van der Waals surface area contributed by atoms with Crippen molar-refractivity contribution >= 4 is 5.69 Å². The van der Waals surface area contributed by atoms with E-state index in [1.807, 2.05) is 0 Å². The monoisotopic (exact) mass is 220 g/mol. The van der Waals surface area contributed by atoms with Gasteiger partial charge in [-0.15, -0.1) is 0 Å². The molecule has 3 heteroatoms. The summed E-state index contributed by atoms with van der Waals surface area (Å²) in [6.07, 6.45) is 1.04. The molecule has 0 aliphatic carbocycles. The molecule has 1 atom stereocenters. The lowest BCUT2D eigenvalue weighted by Crippen LogP contribution is -2.41. The second-order valence-corrected chi connectivity index (χ2v) is 4.76. The van der Waals surface area contributed by atoms with Gasteiger partial charge in [-0.05, 0) is 44.4 Å². The SMILES string of the molecule is Cc1cccc2c1CC(CON)N2C(C)C. The van der Waals surface area contributed by atoms with Crippen LogP contribution in [-0.2, 0) is 11.3 Å². The van der Waals surface area contributed by atoms with Gasteiger partial charge in [-0.25, -0.2) is 5.90 Å². The molecule has 0 fully saturated rings. The van der Waals surface area contributed by atoms with Gasteiger partial charge >= 0.3 is 0 Å². The molecule has 0 saturated heterocycles. The Morgan fingerprint density at radius 1 is 1.50 bits per heavy atom. The van der Waals surface area contributed by atoms with E-state index in [2.05, 4.69) is 43.9 Å². The molecule has 0 aromatic heterocycles. The average Bonchev–Trinajstić information content (AvgIpc) is 2.58. The van der Waals surface area contributed by atoms with Crippen LogP contribution in [0.25, 0.3) is 0 Å². The lowest BCUT2D eigenvalue weighted by atomic mass is 10.0. The molecule has 88 valence electrons. The molecule has 16 heavy (non-hydrogen) atoms. The fourth-order valence-electron chi connectivity index (χ4n) is 2.68. The lowest BCUT2D eigenvalue weighted by molar-refractivity contribution is 0.122. The zero-order chi connectivity index (χ0) is 11.7. The molecule has 0 saturated carbocycles. The zero-order valence-corrected chi connectivity index (χ0v) is 10.2. The van der Waals surface area contributed by atoms with Crippen molar-refractivity contribution in [2.24, 2.45) is 5.90 Å². The van der Waals surface area contributed by atoms with E-state index in [1.165, 1.54) is 16.8 Å². The molecule has 0 amide bonds. The van der Waals surface area contributed by atoms with Crippen LogP contribution in [0.4, 0.5) is 5.69 Å². The first kappa shape index (κ1) is 11.4. The van der Waals surface area contributed by atoms with Gasteiger partial charge in [0, 0.05) is 11.7 Å². The van der Waals surface area contributed by atoms with Gasteiger partial charge in [0.05, 0.1) is 12.6 Å². The van der Waals surface area contributed by atoms with Crippen molar-refractivity contribution in [2.45, 2.75) is 39.3 Å². The van der Waals surface area contributed by atoms with Crippen molar-refractivity contribution in [3.63, 3.8) is 0 Å². The van der Waals surface area contributed by atoms with Gasteiger partial charge in [-0.1, -0.05) is 12.1 Å². The molecule has 1 aromatic carbocycles. The Morgan fingerprint density at radius 3 is 2.88 bits per heavy atom. The summed E-state index contributed by atoms with van der Waals surface area (Å²) >= 11 is 0. The van der Waals surface area contributed by atoms with Gasteiger partial charge in [0.25, 0.3) is 0 Å². The number of nitrogens with zero attached hydrogens (tertiary/aromatic N) is 1. The highest BCUT2D eigenvalue weighted by molar-refractivity contribution is 5.62. The Hall–Kier alpha value is -1.06. The van der Waals surface area contributed by atoms with Crippen LogP contribution in [-0.4, -0.2) is 18.7 Å². The molecular formula is C13H20N2O. The van der Waals surface area contributed by atoms with E-state index in [0.29, 0.717) is 18.7 Å². The number of aryl methyl sites for hydroxylation is 1. The molecule has 0 spiro atoms. The number of benzene rings is 1. The van der Waals surface area contributed by atoms with Crippen molar-refractivity contribution in [3.8, 4) is 0 Å². The maximum atomic E-state index is 5.22. The van der Waals surface area contributed by atoms with Gasteiger partial charge < -0.3 is 9.74 Å². The number of fused-ring (bicyclic) bond motifs is 1. The minimum absolute atomic E-state index is 0.376. The quantitative estimate of drug-likeness (QED) is 0.792. The van der Waals surface area contributed by atoms with E-state index in [4.69, 9.17) is 10.7 Å². The third-order valence-electron chi connectivity index (χ3n) is 3.34. The van der Waals surface area contributed by atoms with Crippen LogP contribution < -0.4 is 10.8 Å². The highest BCUT2D eigenvalue weighted by Gasteiger charge is 2.31. The summed E-state index contributed by atoms with van der Waals surface area (Å²) in [5, 5.41) is 0. The van der Waals surface area contributed by atoms with E-state index < -0.39 is 0 Å². The number of anilines is 1. The molecule has 2 N–H and O–H groups in total. The Labute approximate surface area is 97.1 Å². The smallest absolute Gasteiger partial charge is 0.0886 e. The van der Waals surface area contributed by atoms with Crippen LogP contribution in [0.2, 0.25) is 0 Å². The van der Waals surface area contributed by atoms with Crippen LogP contribution in [0.5, 0.6) is 0 Å². The Morgan fingerprint density at radius 2 is 2.25 bits per heavy atom. The predicted molar refractivity (Wildman–Crippen MR) is 66.4 cm³/mol. The lowest BCUT2D eigenvalue weighted by Gasteiger charge is -2.30. The van der Waals surface area contributed by atoms with Crippen molar-refractivity contribution in [1.82, 2.24) is 0 Å². The molecule has 3 nitrogen and oxygen atoms in total. The molecule has 0 radical (unpaired) electrons. The molecule has 0 bridgehead atoms.